The highest BCUT2D eigenvalue weighted by Crippen LogP contribution is 2.27. The summed E-state index contributed by atoms with van der Waals surface area (Å²) in [6, 6.07) is 14.5. The molecule has 3 heterocycles. The highest BCUT2D eigenvalue weighted by molar-refractivity contribution is 5.95. The Kier molecular flexibility index (Phi) is 6.20. The predicted octanol–water partition coefficient (Wildman–Crippen LogP) is 4.47. The Hall–Kier alpha value is -3.45. The lowest BCUT2D eigenvalue weighted by atomic mass is 10.0. The van der Waals surface area contributed by atoms with Gasteiger partial charge in [0.1, 0.15) is 17.4 Å². The number of benzene rings is 2. The van der Waals surface area contributed by atoms with Crippen LogP contribution in [0.5, 0.6) is 5.75 Å². The third kappa shape index (κ3) is 4.89. The molecule has 1 fully saturated rings. The van der Waals surface area contributed by atoms with E-state index >= 15 is 0 Å². The molecule has 3 aromatic rings. The van der Waals surface area contributed by atoms with Crippen LogP contribution >= 0.6 is 0 Å². The number of likely N-dealkylation sites (tertiary alicyclic amines) is 1. The second kappa shape index (κ2) is 9.43. The minimum absolute atomic E-state index is 0.654. The molecule has 0 saturated carbocycles. The lowest BCUT2D eigenvalue weighted by molar-refractivity contribution is 0.313. The SMILES string of the molecule is COc1ccc2[nH]cc(CCC3(N)N=C(N4CCCCC4)C=C(Nc4ccc(C)cc4)N3)c2c1. The number of aliphatic imine (C=N–C) groups is 1. The van der Waals surface area contributed by atoms with Gasteiger partial charge < -0.3 is 25.3 Å². The van der Waals surface area contributed by atoms with E-state index in [0.29, 0.717) is 6.42 Å². The number of ether oxygens (including phenoxy) is 1. The van der Waals surface area contributed by atoms with Gasteiger partial charge in [-0.1, -0.05) is 17.7 Å². The topological polar surface area (TPSA) is 90.7 Å². The number of nitrogens with zero attached hydrogens (tertiary/aromatic N) is 2. The van der Waals surface area contributed by atoms with Gasteiger partial charge in [-0.25, -0.2) is 4.99 Å². The summed E-state index contributed by atoms with van der Waals surface area (Å²) in [6.45, 7) is 4.13. The quantitative estimate of drug-likeness (QED) is 0.438. The molecule has 0 amide bonds. The molecule has 0 bridgehead atoms. The molecule has 7 heteroatoms. The molecule has 2 aromatic carbocycles. The maximum Gasteiger partial charge on any atom is 0.185 e. The molecule has 5 rings (SSSR count). The van der Waals surface area contributed by atoms with Crippen molar-refractivity contribution < 1.29 is 4.74 Å². The van der Waals surface area contributed by atoms with Gasteiger partial charge in [0, 0.05) is 48.4 Å². The van der Waals surface area contributed by atoms with E-state index in [4.69, 9.17) is 15.5 Å². The van der Waals surface area contributed by atoms with E-state index in [1.807, 2.05) is 12.1 Å². The van der Waals surface area contributed by atoms with Crippen molar-refractivity contribution in [3.8, 4) is 5.75 Å². The number of piperidine rings is 1. The highest BCUT2D eigenvalue weighted by atomic mass is 16.5. The Morgan fingerprint density at radius 2 is 1.91 bits per heavy atom. The lowest BCUT2D eigenvalue weighted by Crippen LogP contribution is -2.56. The Balaban J connectivity index is 1.39. The zero-order chi connectivity index (χ0) is 23.5. The van der Waals surface area contributed by atoms with E-state index in [2.05, 4.69) is 70.0 Å². The minimum atomic E-state index is -0.906. The number of aromatic amines is 1. The number of aromatic nitrogens is 1. The van der Waals surface area contributed by atoms with Crippen molar-refractivity contribution in [2.24, 2.45) is 10.7 Å². The van der Waals surface area contributed by atoms with Crippen LogP contribution < -0.4 is 21.1 Å². The summed E-state index contributed by atoms with van der Waals surface area (Å²) in [4.78, 5) is 10.7. The lowest BCUT2D eigenvalue weighted by Gasteiger charge is -2.37. The van der Waals surface area contributed by atoms with Crippen LogP contribution in [0.15, 0.2) is 65.6 Å². The number of H-pyrrole nitrogens is 1. The highest BCUT2D eigenvalue weighted by Gasteiger charge is 2.31. The molecule has 1 aromatic heterocycles. The summed E-state index contributed by atoms with van der Waals surface area (Å²) in [7, 11) is 1.69. The van der Waals surface area contributed by atoms with Crippen LogP contribution in [-0.2, 0) is 6.42 Å². The standard InChI is InChI=1S/C27H34N6O/c1-19-6-8-21(9-7-19)30-25-17-26(33-14-4-3-5-15-33)32-27(28,31-25)13-12-20-18-29-24-11-10-22(34-2)16-23(20)24/h6-11,16-18,29-31H,3-5,12-15,28H2,1-2H3. The van der Waals surface area contributed by atoms with Crippen LogP contribution in [0.25, 0.3) is 10.9 Å². The molecule has 1 unspecified atom stereocenters. The fourth-order valence-corrected chi connectivity index (χ4v) is 4.74. The first kappa shape index (κ1) is 22.3. The third-order valence-corrected chi connectivity index (χ3v) is 6.70. The normalized spacial score (nSPS) is 20.5. The van der Waals surface area contributed by atoms with Crippen LogP contribution in [0.3, 0.4) is 0 Å². The molecule has 0 radical (unpaired) electrons. The summed E-state index contributed by atoms with van der Waals surface area (Å²) in [6.07, 6.45) is 9.25. The number of amidine groups is 1. The van der Waals surface area contributed by atoms with Gasteiger partial charge >= 0.3 is 0 Å². The molecule has 0 aliphatic carbocycles. The average molecular weight is 459 g/mol. The number of fused-ring (bicyclic) bond motifs is 1. The molecule has 5 N–H and O–H groups in total. The number of methoxy groups -OCH3 is 1. The number of hydrogen-bond acceptors (Lipinski definition) is 6. The Morgan fingerprint density at radius 3 is 2.68 bits per heavy atom. The van der Waals surface area contributed by atoms with E-state index < -0.39 is 5.79 Å². The van der Waals surface area contributed by atoms with Crippen LogP contribution in [0.2, 0.25) is 0 Å². The summed E-state index contributed by atoms with van der Waals surface area (Å²) in [5, 5.41) is 8.14. The van der Waals surface area contributed by atoms with Crippen LogP contribution in [0.1, 0.15) is 36.8 Å². The molecule has 2 aliphatic rings. The molecule has 2 aliphatic heterocycles. The summed E-state index contributed by atoms with van der Waals surface area (Å²) >= 11 is 0. The molecule has 34 heavy (non-hydrogen) atoms. The smallest absolute Gasteiger partial charge is 0.185 e. The van der Waals surface area contributed by atoms with Crippen LogP contribution in [0, 0.1) is 6.92 Å². The molecule has 178 valence electrons. The zero-order valence-electron chi connectivity index (χ0n) is 20.0. The molecular formula is C27H34N6O. The summed E-state index contributed by atoms with van der Waals surface area (Å²) < 4.78 is 5.43. The molecule has 1 atom stereocenters. The van der Waals surface area contributed by atoms with Crippen molar-refractivity contribution in [1.82, 2.24) is 15.2 Å². The number of nitrogens with two attached hydrogens (primary N) is 1. The number of hydrogen-bond donors (Lipinski definition) is 4. The van der Waals surface area contributed by atoms with Gasteiger partial charge in [0.25, 0.3) is 0 Å². The van der Waals surface area contributed by atoms with Gasteiger partial charge in [0.15, 0.2) is 5.79 Å². The maximum absolute atomic E-state index is 6.90. The maximum atomic E-state index is 6.90. The minimum Gasteiger partial charge on any atom is -0.497 e. The third-order valence-electron chi connectivity index (χ3n) is 6.70. The van der Waals surface area contributed by atoms with Crippen molar-refractivity contribution >= 4 is 22.4 Å². The van der Waals surface area contributed by atoms with Gasteiger partial charge in [-0.05, 0) is 68.5 Å². The second-order valence-electron chi connectivity index (χ2n) is 9.34. The number of anilines is 1. The van der Waals surface area contributed by atoms with Gasteiger partial charge in [0.05, 0.1) is 7.11 Å². The van der Waals surface area contributed by atoms with E-state index in [-0.39, 0.29) is 0 Å². The Labute approximate surface area is 201 Å². The summed E-state index contributed by atoms with van der Waals surface area (Å²) in [5.74, 6) is 1.78. The Morgan fingerprint density at radius 1 is 1.12 bits per heavy atom. The van der Waals surface area contributed by atoms with Crippen molar-refractivity contribution in [2.75, 3.05) is 25.5 Å². The molecule has 1 saturated heterocycles. The van der Waals surface area contributed by atoms with Crippen LogP contribution in [0.4, 0.5) is 5.69 Å². The first-order valence-corrected chi connectivity index (χ1v) is 12.1. The Bertz CT molecular complexity index is 1210. The largest absolute Gasteiger partial charge is 0.497 e. The van der Waals surface area contributed by atoms with E-state index in [9.17, 15) is 0 Å². The molecule has 0 spiro atoms. The van der Waals surface area contributed by atoms with Gasteiger partial charge in [0.2, 0.25) is 0 Å². The van der Waals surface area contributed by atoms with Gasteiger partial charge in [-0.15, -0.1) is 0 Å². The summed E-state index contributed by atoms with van der Waals surface area (Å²) in [5.41, 5.74) is 11.5. The predicted molar refractivity (Wildman–Crippen MR) is 139 cm³/mol. The number of aryl methyl sites for hydroxylation is 2. The van der Waals surface area contributed by atoms with Gasteiger partial charge in [-0.3, -0.25) is 5.73 Å². The molecular weight excluding hydrogens is 424 g/mol. The first-order valence-electron chi connectivity index (χ1n) is 12.1. The van der Waals surface area contributed by atoms with E-state index in [1.54, 1.807) is 7.11 Å². The van der Waals surface area contributed by atoms with Crippen molar-refractivity contribution in [2.45, 2.75) is 44.8 Å². The number of rotatable bonds is 6. The monoisotopic (exact) mass is 458 g/mol. The fraction of sp³-hybridized carbons (Fsp3) is 0.370. The fourth-order valence-electron chi connectivity index (χ4n) is 4.74. The second-order valence-corrected chi connectivity index (χ2v) is 9.34. The van der Waals surface area contributed by atoms with Crippen LogP contribution in [-0.4, -0.2) is 41.7 Å². The first-order chi connectivity index (χ1) is 16.5. The van der Waals surface area contributed by atoms with Gasteiger partial charge in [-0.2, -0.15) is 0 Å². The van der Waals surface area contributed by atoms with Crippen molar-refractivity contribution in [1.29, 1.82) is 0 Å². The average Bonchev–Trinajstić information content (AvgIpc) is 3.27. The molecule has 7 nitrogen and oxygen atoms in total. The van der Waals surface area contributed by atoms with Crippen molar-refractivity contribution in [3.05, 3.63) is 71.7 Å². The number of nitrogens with one attached hydrogen (secondary N) is 3. The van der Waals surface area contributed by atoms with Crippen molar-refractivity contribution in [3.63, 3.8) is 0 Å². The zero-order valence-corrected chi connectivity index (χ0v) is 20.0. The van der Waals surface area contributed by atoms with E-state index in [1.165, 1.54) is 30.4 Å². The van der Waals surface area contributed by atoms with E-state index in [0.717, 1.165) is 53.5 Å².